The van der Waals surface area contributed by atoms with Crippen LogP contribution in [0.2, 0.25) is 0 Å². The summed E-state index contributed by atoms with van der Waals surface area (Å²) in [7, 11) is -2.98. The van der Waals surface area contributed by atoms with Gasteiger partial charge in [0.1, 0.15) is 15.6 Å². The monoisotopic (exact) mass is 440 g/mol. The van der Waals surface area contributed by atoms with Crippen LogP contribution in [0.4, 0.5) is 5.13 Å². The number of sulfone groups is 1. The Bertz CT molecular complexity index is 974. The smallest absolute Gasteiger partial charge is 0.260 e. The van der Waals surface area contributed by atoms with Crippen molar-refractivity contribution in [1.82, 2.24) is 14.8 Å². The summed E-state index contributed by atoms with van der Waals surface area (Å²) in [4.78, 5) is 32.9. The van der Waals surface area contributed by atoms with Crippen molar-refractivity contribution in [1.29, 1.82) is 0 Å². The number of thiazole rings is 1. The largest absolute Gasteiger partial charge is 0.469 e. The number of amides is 2. The first-order chi connectivity index (χ1) is 13.7. The zero-order chi connectivity index (χ0) is 21.0. The summed E-state index contributed by atoms with van der Waals surface area (Å²) in [6.07, 6.45) is 2.85. The number of anilines is 1. The van der Waals surface area contributed by atoms with Crippen molar-refractivity contribution in [3.05, 3.63) is 34.7 Å². The SMILES string of the molecule is Cc1occc1C(=O)Nc1nc(CC(=O)N2CCN(CCS(C)(=O)=O)CC2)cs1. The maximum Gasteiger partial charge on any atom is 0.260 e. The van der Waals surface area contributed by atoms with Crippen molar-refractivity contribution < 1.29 is 22.4 Å². The fraction of sp³-hybridized carbons (Fsp3) is 0.500. The zero-order valence-corrected chi connectivity index (χ0v) is 18.0. The minimum Gasteiger partial charge on any atom is -0.469 e. The third-order valence-electron chi connectivity index (χ3n) is 4.71. The number of rotatable bonds is 7. The lowest BCUT2D eigenvalue weighted by Crippen LogP contribution is -2.50. The molecular formula is C18H24N4O5S2. The number of carbonyl (C=O) groups excluding carboxylic acids is 2. The average molecular weight is 441 g/mol. The molecule has 1 fully saturated rings. The van der Waals surface area contributed by atoms with Crippen LogP contribution in [0.1, 0.15) is 21.8 Å². The second kappa shape index (κ2) is 9.06. The predicted octanol–water partition coefficient (Wildman–Crippen LogP) is 1.03. The van der Waals surface area contributed by atoms with Crippen LogP contribution in [0.15, 0.2) is 22.1 Å². The molecule has 29 heavy (non-hydrogen) atoms. The predicted molar refractivity (Wildman–Crippen MR) is 110 cm³/mol. The molecule has 0 spiro atoms. The molecule has 1 saturated heterocycles. The Labute approximate surface area is 173 Å². The van der Waals surface area contributed by atoms with E-state index >= 15 is 0 Å². The van der Waals surface area contributed by atoms with Gasteiger partial charge in [0.05, 0.1) is 29.7 Å². The lowest BCUT2D eigenvalue weighted by Gasteiger charge is -2.34. The van der Waals surface area contributed by atoms with Gasteiger partial charge in [-0.2, -0.15) is 0 Å². The second-order valence-corrected chi connectivity index (χ2v) is 10.1. The molecule has 0 radical (unpaired) electrons. The third-order valence-corrected chi connectivity index (χ3v) is 6.44. The van der Waals surface area contributed by atoms with E-state index in [0.29, 0.717) is 54.9 Å². The normalized spacial score (nSPS) is 15.4. The Morgan fingerprint density at radius 2 is 2.00 bits per heavy atom. The Kier molecular flexibility index (Phi) is 6.70. The van der Waals surface area contributed by atoms with Gasteiger partial charge in [-0.1, -0.05) is 0 Å². The van der Waals surface area contributed by atoms with E-state index in [-0.39, 0.29) is 24.0 Å². The summed E-state index contributed by atoms with van der Waals surface area (Å²) in [6, 6.07) is 1.60. The zero-order valence-electron chi connectivity index (χ0n) is 16.4. The summed E-state index contributed by atoms with van der Waals surface area (Å²) >= 11 is 1.27. The fourth-order valence-corrected chi connectivity index (χ4v) is 4.31. The summed E-state index contributed by atoms with van der Waals surface area (Å²) in [6.45, 7) is 4.65. The number of aromatic nitrogens is 1. The molecule has 3 heterocycles. The van der Waals surface area contributed by atoms with Gasteiger partial charge in [-0.3, -0.25) is 19.8 Å². The van der Waals surface area contributed by atoms with Crippen molar-refractivity contribution >= 4 is 38.1 Å². The van der Waals surface area contributed by atoms with Crippen LogP contribution in [-0.2, 0) is 21.1 Å². The number of piperazine rings is 1. The quantitative estimate of drug-likeness (QED) is 0.684. The number of carbonyl (C=O) groups is 2. The van der Waals surface area contributed by atoms with Crippen LogP contribution in [0.5, 0.6) is 0 Å². The molecule has 3 rings (SSSR count). The number of hydrogen-bond acceptors (Lipinski definition) is 8. The minimum atomic E-state index is -2.98. The van der Waals surface area contributed by atoms with E-state index in [1.165, 1.54) is 23.9 Å². The van der Waals surface area contributed by atoms with E-state index in [0.717, 1.165) is 0 Å². The van der Waals surface area contributed by atoms with Gasteiger partial charge in [-0.05, 0) is 13.0 Å². The van der Waals surface area contributed by atoms with Gasteiger partial charge < -0.3 is 9.32 Å². The minimum absolute atomic E-state index is 0.0263. The van der Waals surface area contributed by atoms with E-state index < -0.39 is 9.84 Å². The van der Waals surface area contributed by atoms with Crippen molar-refractivity contribution in [3.63, 3.8) is 0 Å². The molecule has 2 aromatic heterocycles. The standard InChI is InChI=1S/C18H24N4O5S2/c1-13-15(3-9-27-13)17(24)20-18-19-14(12-28-18)11-16(23)22-6-4-21(5-7-22)8-10-29(2,25)26/h3,9,12H,4-8,10-11H2,1-2H3,(H,19,20,24). The first-order valence-electron chi connectivity index (χ1n) is 9.19. The topological polar surface area (TPSA) is 113 Å². The Morgan fingerprint density at radius 1 is 1.28 bits per heavy atom. The van der Waals surface area contributed by atoms with E-state index in [1.54, 1.807) is 23.3 Å². The van der Waals surface area contributed by atoms with Crippen LogP contribution in [0.25, 0.3) is 0 Å². The van der Waals surface area contributed by atoms with Crippen molar-refractivity contribution in [2.24, 2.45) is 0 Å². The van der Waals surface area contributed by atoms with Gasteiger partial charge in [-0.25, -0.2) is 13.4 Å². The van der Waals surface area contributed by atoms with Crippen LogP contribution >= 0.6 is 11.3 Å². The molecule has 158 valence electrons. The molecule has 9 nitrogen and oxygen atoms in total. The Morgan fingerprint density at radius 3 is 2.62 bits per heavy atom. The summed E-state index contributed by atoms with van der Waals surface area (Å²) in [5, 5.41) is 4.91. The van der Waals surface area contributed by atoms with Crippen molar-refractivity contribution in [3.8, 4) is 0 Å². The van der Waals surface area contributed by atoms with E-state index in [9.17, 15) is 18.0 Å². The highest BCUT2D eigenvalue weighted by Crippen LogP contribution is 2.19. The van der Waals surface area contributed by atoms with Gasteiger partial charge >= 0.3 is 0 Å². The first-order valence-corrected chi connectivity index (χ1v) is 12.1. The second-order valence-electron chi connectivity index (χ2n) is 7.02. The van der Waals surface area contributed by atoms with Crippen LogP contribution in [-0.4, -0.2) is 79.7 Å². The molecule has 0 aromatic carbocycles. The van der Waals surface area contributed by atoms with E-state index in [2.05, 4.69) is 15.2 Å². The number of hydrogen-bond donors (Lipinski definition) is 1. The van der Waals surface area contributed by atoms with Crippen molar-refractivity contribution in [2.45, 2.75) is 13.3 Å². The summed E-state index contributed by atoms with van der Waals surface area (Å²) in [5.41, 5.74) is 1.06. The van der Waals surface area contributed by atoms with Crippen LogP contribution in [0, 0.1) is 6.92 Å². The summed E-state index contributed by atoms with van der Waals surface area (Å²) in [5.74, 6) is 0.340. The highest BCUT2D eigenvalue weighted by Gasteiger charge is 2.22. The molecule has 11 heteroatoms. The van der Waals surface area contributed by atoms with E-state index in [1.807, 2.05) is 0 Å². The highest BCUT2D eigenvalue weighted by atomic mass is 32.2. The van der Waals surface area contributed by atoms with Gasteiger partial charge in [0.2, 0.25) is 5.91 Å². The molecule has 2 amide bonds. The molecular weight excluding hydrogens is 416 g/mol. The molecule has 0 bridgehead atoms. The Balaban J connectivity index is 1.47. The number of furan rings is 1. The average Bonchev–Trinajstić information content (AvgIpc) is 3.28. The van der Waals surface area contributed by atoms with Crippen molar-refractivity contribution in [2.75, 3.05) is 50.0 Å². The van der Waals surface area contributed by atoms with E-state index in [4.69, 9.17) is 4.42 Å². The summed E-state index contributed by atoms with van der Waals surface area (Å²) < 4.78 is 27.7. The lowest BCUT2D eigenvalue weighted by atomic mass is 10.2. The first kappa shape index (κ1) is 21.5. The lowest BCUT2D eigenvalue weighted by molar-refractivity contribution is -0.132. The molecule has 1 aliphatic rings. The Hall–Kier alpha value is -2.24. The van der Waals surface area contributed by atoms with Crippen LogP contribution in [0.3, 0.4) is 0 Å². The van der Waals surface area contributed by atoms with Crippen LogP contribution < -0.4 is 5.32 Å². The fourth-order valence-electron chi connectivity index (χ4n) is 3.01. The number of aryl methyl sites for hydroxylation is 1. The molecule has 1 aliphatic heterocycles. The maximum atomic E-state index is 12.5. The highest BCUT2D eigenvalue weighted by molar-refractivity contribution is 7.90. The van der Waals surface area contributed by atoms with Gasteiger partial charge in [-0.15, -0.1) is 11.3 Å². The van der Waals surface area contributed by atoms with Gasteiger partial charge in [0.15, 0.2) is 5.13 Å². The molecule has 1 N–H and O–H groups in total. The molecule has 0 atom stereocenters. The number of nitrogens with one attached hydrogen (secondary N) is 1. The molecule has 0 unspecified atom stereocenters. The number of nitrogens with zero attached hydrogens (tertiary/aromatic N) is 3. The van der Waals surface area contributed by atoms with Gasteiger partial charge in [0, 0.05) is 44.4 Å². The molecule has 0 aliphatic carbocycles. The molecule has 2 aromatic rings. The maximum absolute atomic E-state index is 12.5. The molecule has 0 saturated carbocycles. The third kappa shape index (κ3) is 6.12. The van der Waals surface area contributed by atoms with Gasteiger partial charge in [0.25, 0.3) is 5.91 Å².